The first kappa shape index (κ1) is 11.0. The van der Waals surface area contributed by atoms with Gasteiger partial charge >= 0.3 is 0 Å². The molecule has 0 fully saturated rings. The maximum Gasteiger partial charge on any atom is 0.127 e. The van der Waals surface area contributed by atoms with Crippen LogP contribution in [0.4, 0.5) is 10.2 Å². The van der Waals surface area contributed by atoms with Crippen molar-refractivity contribution in [2.75, 3.05) is 5.73 Å². The Labute approximate surface area is 97.7 Å². The largest absolute Gasteiger partial charge is 0.383 e. The second-order valence-corrected chi connectivity index (χ2v) is 4.34. The minimum Gasteiger partial charge on any atom is -0.383 e. The quantitative estimate of drug-likeness (QED) is 0.829. The second-order valence-electron chi connectivity index (χ2n) is 3.29. The van der Waals surface area contributed by atoms with Crippen LogP contribution in [-0.2, 0) is 5.75 Å². The highest BCUT2D eigenvalue weighted by Crippen LogP contribution is 2.24. The maximum absolute atomic E-state index is 12.7. The molecule has 0 radical (unpaired) electrons. The molecule has 0 aliphatic rings. The Kier molecular flexibility index (Phi) is 3.41. The van der Waals surface area contributed by atoms with Crippen molar-refractivity contribution in [3.63, 3.8) is 0 Å². The van der Waals surface area contributed by atoms with E-state index in [0.29, 0.717) is 5.82 Å². The molecule has 0 saturated heterocycles. The van der Waals surface area contributed by atoms with Crippen molar-refractivity contribution in [3.05, 3.63) is 54.0 Å². The average Bonchev–Trinajstić information content (AvgIpc) is 2.30. The molecule has 0 aliphatic heterocycles. The maximum atomic E-state index is 12.7. The zero-order chi connectivity index (χ0) is 11.4. The number of benzene rings is 1. The van der Waals surface area contributed by atoms with E-state index in [0.717, 1.165) is 16.2 Å². The number of nitrogens with two attached hydrogens (primary N) is 1. The van der Waals surface area contributed by atoms with E-state index < -0.39 is 0 Å². The molecule has 0 unspecified atom stereocenters. The molecular formula is C12H11FN2S. The Hall–Kier alpha value is -1.55. The lowest BCUT2D eigenvalue weighted by atomic mass is 10.3. The van der Waals surface area contributed by atoms with E-state index in [9.17, 15) is 4.39 Å². The molecule has 0 atom stereocenters. The van der Waals surface area contributed by atoms with Crippen LogP contribution in [-0.4, -0.2) is 4.98 Å². The van der Waals surface area contributed by atoms with Crippen molar-refractivity contribution in [3.8, 4) is 0 Å². The number of pyridine rings is 1. The molecule has 82 valence electrons. The van der Waals surface area contributed by atoms with Gasteiger partial charge in [0.2, 0.25) is 0 Å². The van der Waals surface area contributed by atoms with E-state index in [-0.39, 0.29) is 5.82 Å². The van der Waals surface area contributed by atoms with Crippen LogP contribution in [0.5, 0.6) is 0 Å². The van der Waals surface area contributed by atoms with Crippen molar-refractivity contribution in [1.82, 2.24) is 4.98 Å². The van der Waals surface area contributed by atoms with Crippen molar-refractivity contribution in [2.45, 2.75) is 10.6 Å². The molecule has 0 spiro atoms. The number of rotatable bonds is 3. The highest BCUT2D eigenvalue weighted by molar-refractivity contribution is 7.98. The summed E-state index contributed by atoms with van der Waals surface area (Å²) in [4.78, 5) is 5.03. The van der Waals surface area contributed by atoms with Crippen molar-refractivity contribution in [2.24, 2.45) is 0 Å². The lowest BCUT2D eigenvalue weighted by molar-refractivity contribution is 0.626. The summed E-state index contributed by atoms with van der Waals surface area (Å²) in [5.41, 5.74) is 6.72. The van der Waals surface area contributed by atoms with Crippen LogP contribution >= 0.6 is 11.8 Å². The van der Waals surface area contributed by atoms with Crippen LogP contribution in [0, 0.1) is 5.82 Å². The molecule has 0 saturated carbocycles. The van der Waals surface area contributed by atoms with Gasteiger partial charge in [-0.25, -0.2) is 9.37 Å². The summed E-state index contributed by atoms with van der Waals surface area (Å²) in [6, 6.07) is 10.2. The molecule has 0 amide bonds. The van der Waals surface area contributed by atoms with Gasteiger partial charge in [0.15, 0.2) is 0 Å². The fourth-order valence-electron chi connectivity index (χ4n) is 1.26. The van der Waals surface area contributed by atoms with Crippen LogP contribution in [0.2, 0.25) is 0 Å². The van der Waals surface area contributed by atoms with E-state index in [1.807, 2.05) is 12.1 Å². The van der Waals surface area contributed by atoms with Crippen molar-refractivity contribution < 1.29 is 4.39 Å². The summed E-state index contributed by atoms with van der Waals surface area (Å²) in [5.74, 6) is 1.08. The fourth-order valence-corrected chi connectivity index (χ4v) is 2.16. The van der Waals surface area contributed by atoms with Crippen molar-refractivity contribution in [1.29, 1.82) is 0 Å². The molecule has 1 aromatic heterocycles. The molecule has 1 aromatic carbocycles. The molecule has 0 aliphatic carbocycles. The Morgan fingerprint density at radius 3 is 2.62 bits per heavy atom. The molecular weight excluding hydrogens is 223 g/mol. The van der Waals surface area contributed by atoms with Crippen LogP contribution in [0.25, 0.3) is 0 Å². The van der Waals surface area contributed by atoms with Gasteiger partial charge in [-0.3, -0.25) is 0 Å². The summed E-state index contributed by atoms with van der Waals surface area (Å²) >= 11 is 1.61. The number of thioether (sulfide) groups is 1. The topological polar surface area (TPSA) is 38.9 Å². The van der Waals surface area contributed by atoms with Crippen LogP contribution < -0.4 is 5.73 Å². The Morgan fingerprint density at radius 2 is 1.94 bits per heavy atom. The highest BCUT2D eigenvalue weighted by atomic mass is 32.2. The number of aromatic nitrogens is 1. The Morgan fingerprint density at radius 1 is 1.19 bits per heavy atom. The fraction of sp³-hybridized carbons (Fsp3) is 0.0833. The standard InChI is InChI=1S/C12H11FN2S/c13-10-3-5-11(6-4-10)16-8-9-2-1-7-15-12(9)14/h1-7H,8H2,(H2,14,15). The second kappa shape index (κ2) is 4.99. The summed E-state index contributed by atoms with van der Waals surface area (Å²) in [7, 11) is 0. The zero-order valence-electron chi connectivity index (χ0n) is 8.56. The van der Waals surface area contributed by atoms with Gasteiger partial charge in [-0.1, -0.05) is 6.07 Å². The summed E-state index contributed by atoms with van der Waals surface area (Å²) in [5, 5.41) is 0. The third kappa shape index (κ3) is 2.73. The first-order valence-electron chi connectivity index (χ1n) is 4.83. The Bertz CT molecular complexity index is 471. The molecule has 1 heterocycles. The van der Waals surface area contributed by atoms with E-state index in [1.165, 1.54) is 12.1 Å². The third-order valence-electron chi connectivity index (χ3n) is 2.13. The first-order valence-corrected chi connectivity index (χ1v) is 5.82. The van der Waals surface area contributed by atoms with Gasteiger partial charge < -0.3 is 5.73 Å². The molecule has 16 heavy (non-hydrogen) atoms. The smallest absolute Gasteiger partial charge is 0.127 e. The molecule has 0 bridgehead atoms. The lowest BCUT2D eigenvalue weighted by Crippen LogP contribution is -1.95. The highest BCUT2D eigenvalue weighted by Gasteiger charge is 2.00. The van der Waals surface area contributed by atoms with Gasteiger partial charge in [0.25, 0.3) is 0 Å². The van der Waals surface area contributed by atoms with Gasteiger partial charge in [0.1, 0.15) is 11.6 Å². The van der Waals surface area contributed by atoms with Crippen LogP contribution in [0.3, 0.4) is 0 Å². The normalized spacial score (nSPS) is 10.3. The minimum atomic E-state index is -0.217. The van der Waals surface area contributed by atoms with Gasteiger partial charge in [-0.15, -0.1) is 11.8 Å². The zero-order valence-corrected chi connectivity index (χ0v) is 9.38. The predicted octanol–water partition coefficient (Wildman–Crippen LogP) is 3.10. The molecule has 4 heteroatoms. The third-order valence-corrected chi connectivity index (χ3v) is 3.19. The van der Waals surface area contributed by atoms with E-state index in [1.54, 1.807) is 30.1 Å². The predicted molar refractivity (Wildman–Crippen MR) is 64.6 cm³/mol. The van der Waals surface area contributed by atoms with Crippen molar-refractivity contribution >= 4 is 17.6 Å². The van der Waals surface area contributed by atoms with Gasteiger partial charge in [0, 0.05) is 22.4 Å². The molecule has 2 aromatic rings. The van der Waals surface area contributed by atoms with Gasteiger partial charge in [-0.05, 0) is 30.3 Å². The summed E-state index contributed by atoms with van der Waals surface area (Å²) in [6.07, 6.45) is 1.67. The minimum absolute atomic E-state index is 0.217. The van der Waals surface area contributed by atoms with E-state index in [2.05, 4.69) is 4.98 Å². The van der Waals surface area contributed by atoms with Gasteiger partial charge in [-0.2, -0.15) is 0 Å². The number of nitrogen functional groups attached to an aromatic ring is 1. The SMILES string of the molecule is Nc1ncccc1CSc1ccc(F)cc1. The van der Waals surface area contributed by atoms with E-state index in [4.69, 9.17) is 5.73 Å². The number of anilines is 1. The monoisotopic (exact) mass is 234 g/mol. The Balaban J connectivity index is 2.02. The van der Waals surface area contributed by atoms with Gasteiger partial charge in [0.05, 0.1) is 0 Å². The van der Waals surface area contributed by atoms with Crippen LogP contribution in [0.1, 0.15) is 5.56 Å². The summed E-state index contributed by atoms with van der Waals surface area (Å²) < 4.78 is 12.7. The molecule has 2 N–H and O–H groups in total. The number of nitrogens with zero attached hydrogens (tertiary/aromatic N) is 1. The first-order chi connectivity index (χ1) is 7.75. The molecule has 2 nitrogen and oxygen atoms in total. The molecule has 2 rings (SSSR count). The lowest BCUT2D eigenvalue weighted by Gasteiger charge is -2.04. The van der Waals surface area contributed by atoms with Crippen LogP contribution in [0.15, 0.2) is 47.5 Å². The number of halogens is 1. The number of hydrogen-bond acceptors (Lipinski definition) is 3. The summed E-state index contributed by atoms with van der Waals surface area (Å²) in [6.45, 7) is 0. The average molecular weight is 234 g/mol. The number of hydrogen-bond donors (Lipinski definition) is 1. The van der Waals surface area contributed by atoms with E-state index >= 15 is 0 Å².